The van der Waals surface area contributed by atoms with Gasteiger partial charge in [-0.1, -0.05) is 18.0 Å². The Morgan fingerprint density at radius 1 is 1.32 bits per heavy atom. The maximum absolute atomic E-state index is 13.1. The van der Waals surface area contributed by atoms with E-state index in [1.807, 2.05) is 0 Å². The van der Waals surface area contributed by atoms with Crippen LogP contribution in [0.15, 0.2) is 27.5 Å². The van der Waals surface area contributed by atoms with Crippen LogP contribution in [0.2, 0.25) is 5.02 Å². The summed E-state index contributed by atoms with van der Waals surface area (Å²) in [5, 5.41) is 7.22. The third kappa shape index (κ3) is 4.17. The Bertz CT molecular complexity index is 949. The number of alkyl halides is 3. The molecule has 1 aromatic carbocycles. The average Bonchev–Trinajstić information content (AvgIpc) is 3.09. The second-order valence-corrected chi connectivity index (χ2v) is 8.50. The average molecular weight is 440 g/mol. The number of ether oxygens (including phenoxy) is 1. The Labute approximate surface area is 164 Å². The predicted octanol–water partition coefficient (Wildman–Crippen LogP) is 3.80. The first-order valence-corrected chi connectivity index (χ1v) is 10.2. The number of methoxy groups -OCH3 is 1. The molecule has 0 N–H and O–H groups in total. The molecule has 0 spiro atoms. The number of hydrogen-bond acceptors (Lipinski definition) is 6. The van der Waals surface area contributed by atoms with Gasteiger partial charge in [-0.05, 0) is 31.0 Å². The van der Waals surface area contributed by atoms with Crippen molar-refractivity contribution < 1.29 is 30.7 Å². The number of rotatable bonds is 5. The molecule has 1 atom stereocenters. The molecule has 0 radical (unpaired) electrons. The van der Waals surface area contributed by atoms with Crippen LogP contribution in [0.3, 0.4) is 0 Å². The minimum absolute atomic E-state index is 0.0806. The smallest absolute Gasteiger partial charge is 0.416 e. The molecule has 1 fully saturated rings. The summed E-state index contributed by atoms with van der Waals surface area (Å²) in [6, 6.07) is 1.45. The number of aromatic nitrogens is 2. The molecule has 0 saturated carbocycles. The Morgan fingerprint density at radius 3 is 2.71 bits per heavy atom. The number of hydrogen-bond donors (Lipinski definition) is 0. The summed E-state index contributed by atoms with van der Waals surface area (Å²) in [6.07, 6.45) is -2.86. The van der Waals surface area contributed by atoms with E-state index in [-0.39, 0.29) is 24.9 Å². The molecule has 0 bridgehead atoms. The van der Waals surface area contributed by atoms with E-state index in [2.05, 4.69) is 10.2 Å². The van der Waals surface area contributed by atoms with E-state index < -0.39 is 37.7 Å². The third-order valence-electron chi connectivity index (χ3n) is 4.33. The molecule has 0 aliphatic carbocycles. The highest BCUT2D eigenvalue weighted by Gasteiger charge is 2.39. The van der Waals surface area contributed by atoms with Crippen LogP contribution in [0.25, 0.3) is 0 Å². The van der Waals surface area contributed by atoms with Gasteiger partial charge in [0.1, 0.15) is 17.5 Å². The van der Waals surface area contributed by atoms with Crippen LogP contribution in [0.4, 0.5) is 13.2 Å². The second-order valence-electron chi connectivity index (χ2n) is 6.24. The summed E-state index contributed by atoms with van der Waals surface area (Å²) >= 11 is 5.90. The molecule has 2 aromatic rings. The molecule has 3 rings (SSSR count). The van der Waals surface area contributed by atoms with Gasteiger partial charge in [0.05, 0.1) is 10.6 Å². The molecule has 28 heavy (non-hydrogen) atoms. The fraction of sp³-hybridized carbons (Fsp3) is 0.500. The van der Waals surface area contributed by atoms with Crippen LogP contribution in [-0.4, -0.2) is 36.6 Å². The molecular formula is C16H17ClF3N3O4S. The molecule has 1 saturated heterocycles. The van der Waals surface area contributed by atoms with Crippen molar-refractivity contribution in [3.63, 3.8) is 0 Å². The van der Waals surface area contributed by atoms with Gasteiger partial charge in [-0.15, -0.1) is 10.2 Å². The van der Waals surface area contributed by atoms with Crippen LogP contribution in [0, 0.1) is 0 Å². The van der Waals surface area contributed by atoms with Crippen LogP contribution in [-0.2, 0) is 27.5 Å². The first kappa shape index (κ1) is 21.0. The zero-order valence-electron chi connectivity index (χ0n) is 14.7. The maximum Gasteiger partial charge on any atom is 0.416 e. The SMILES string of the molecule is COCc1nnc(C2CCCCN2S(=O)(=O)c2ccc(C(F)(F)F)cc2Cl)o1. The predicted molar refractivity (Wildman–Crippen MR) is 91.9 cm³/mol. The lowest BCUT2D eigenvalue weighted by Crippen LogP contribution is -2.38. The van der Waals surface area contributed by atoms with Gasteiger partial charge in [0, 0.05) is 13.7 Å². The fourth-order valence-electron chi connectivity index (χ4n) is 3.04. The molecule has 154 valence electrons. The second kappa shape index (κ2) is 7.97. The lowest BCUT2D eigenvalue weighted by atomic mass is 10.1. The summed E-state index contributed by atoms with van der Waals surface area (Å²) in [6.45, 7) is 0.240. The maximum atomic E-state index is 13.1. The minimum atomic E-state index is -4.62. The van der Waals surface area contributed by atoms with E-state index in [9.17, 15) is 21.6 Å². The van der Waals surface area contributed by atoms with Crippen molar-refractivity contribution in [3.05, 3.63) is 40.6 Å². The van der Waals surface area contributed by atoms with Gasteiger partial charge >= 0.3 is 6.18 Å². The molecule has 12 heteroatoms. The number of halogens is 4. The van der Waals surface area contributed by atoms with Gasteiger partial charge in [-0.25, -0.2) is 8.42 Å². The summed E-state index contributed by atoms with van der Waals surface area (Å²) < 4.78 is 76.3. The lowest BCUT2D eigenvalue weighted by Gasteiger charge is -2.32. The molecule has 2 heterocycles. The topological polar surface area (TPSA) is 85.5 Å². The Balaban J connectivity index is 1.96. The molecule has 1 aliphatic rings. The van der Waals surface area contributed by atoms with Crippen LogP contribution >= 0.6 is 11.6 Å². The number of benzene rings is 1. The highest BCUT2D eigenvalue weighted by atomic mass is 35.5. The number of nitrogens with zero attached hydrogens (tertiary/aromatic N) is 3. The van der Waals surface area contributed by atoms with Crippen molar-refractivity contribution in [1.29, 1.82) is 0 Å². The van der Waals surface area contributed by atoms with Crippen molar-refractivity contribution in [2.75, 3.05) is 13.7 Å². The van der Waals surface area contributed by atoms with Crippen LogP contribution in [0.1, 0.15) is 42.6 Å². The Hall–Kier alpha value is -1.69. The molecule has 7 nitrogen and oxygen atoms in total. The van der Waals surface area contributed by atoms with E-state index in [0.29, 0.717) is 25.0 Å². The van der Waals surface area contributed by atoms with Crippen LogP contribution in [0.5, 0.6) is 0 Å². The van der Waals surface area contributed by atoms with Crippen molar-refractivity contribution in [3.8, 4) is 0 Å². The standard InChI is InChI=1S/C16H17ClF3N3O4S/c1-26-9-14-21-22-15(27-14)12-4-2-3-7-23(12)28(24,25)13-6-5-10(8-11(13)17)16(18,19)20/h5-6,8,12H,2-4,7,9H2,1H3. The number of piperidine rings is 1. The highest BCUT2D eigenvalue weighted by Crippen LogP contribution is 2.38. The largest absolute Gasteiger partial charge is 0.421 e. The molecule has 1 unspecified atom stereocenters. The monoisotopic (exact) mass is 439 g/mol. The van der Waals surface area contributed by atoms with E-state index in [0.717, 1.165) is 16.8 Å². The zero-order valence-corrected chi connectivity index (χ0v) is 16.3. The summed E-state index contributed by atoms with van der Waals surface area (Å²) in [5.74, 6) is 0.311. The van der Waals surface area contributed by atoms with Gasteiger partial charge in [-0.2, -0.15) is 17.5 Å². The zero-order chi connectivity index (χ0) is 20.5. The molecule has 1 aromatic heterocycles. The quantitative estimate of drug-likeness (QED) is 0.704. The lowest BCUT2D eigenvalue weighted by molar-refractivity contribution is -0.137. The first-order valence-electron chi connectivity index (χ1n) is 8.34. The fourth-order valence-corrected chi connectivity index (χ4v) is 5.21. The van der Waals surface area contributed by atoms with Gasteiger partial charge in [0.2, 0.25) is 21.8 Å². The molecule has 1 aliphatic heterocycles. The normalized spacial score (nSPS) is 19.1. The Morgan fingerprint density at radius 2 is 2.07 bits per heavy atom. The van der Waals surface area contributed by atoms with Crippen molar-refractivity contribution >= 4 is 21.6 Å². The molecule has 0 amide bonds. The van der Waals surface area contributed by atoms with Crippen LogP contribution < -0.4 is 0 Å². The summed E-state index contributed by atoms with van der Waals surface area (Å²) in [5.41, 5.74) is -1.02. The first-order chi connectivity index (χ1) is 13.1. The summed E-state index contributed by atoms with van der Waals surface area (Å²) in [4.78, 5) is -0.398. The van der Waals surface area contributed by atoms with E-state index >= 15 is 0 Å². The van der Waals surface area contributed by atoms with Crippen molar-refractivity contribution in [2.24, 2.45) is 0 Å². The summed E-state index contributed by atoms with van der Waals surface area (Å²) in [7, 11) is -2.73. The highest BCUT2D eigenvalue weighted by molar-refractivity contribution is 7.89. The van der Waals surface area contributed by atoms with E-state index in [4.69, 9.17) is 20.8 Å². The van der Waals surface area contributed by atoms with E-state index in [1.165, 1.54) is 7.11 Å². The van der Waals surface area contributed by atoms with Crippen molar-refractivity contribution in [1.82, 2.24) is 14.5 Å². The molecular weight excluding hydrogens is 423 g/mol. The minimum Gasteiger partial charge on any atom is -0.421 e. The van der Waals surface area contributed by atoms with Gasteiger partial charge in [-0.3, -0.25) is 0 Å². The van der Waals surface area contributed by atoms with Crippen molar-refractivity contribution in [2.45, 2.75) is 43.0 Å². The van der Waals surface area contributed by atoms with E-state index in [1.54, 1.807) is 0 Å². The van der Waals surface area contributed by atoms with Gasteiger partial charge < -0.3 is 9.15 Å². The van der Waals surface area contributed by atoms with Gasteiger partial charge in [0.15, 0.2) is 0 Å². The Kier molecular flexibility index (Phi) is 5.99. The van der Waals surface area contributed by atoms with Gasteiger partial charge in [0.25, 0.3) is 0 Å². The number of sulfonamides is 1. The third-order valence-corrected chi connectivity index (χ3v) is 6.73.